The van der Waals surface area contributed by atoms with Crippen molar-refractivity contribution < 1.29 is 14.2 Å². The van der Waals surface area contributed by atoms with E-state index in [-0.39, 0.29) is 19.0 Å². The molecule has 0 bridgehead atoms. The molecule has 1 saturated carbocycles. The van der Waals surface area contributed by atoms with Crippen LogP contribution in [0, 0.1) is 11.7 Å². The summed E-state index contributed by atoms with van der Waals surface area (Å²) in [5.41, 5.74) is 0.525. The van der Waals surface area contributed by atoms with Gasteiger partial charge in [-0.25, -0.2) is 4.39 Å². The largest absolute Gasteiger partial charge is 0.389 e. The van der Waals surface area contributed by atoms with E-state index in [1.54, 1.807) is 18.2 Å². The van der Waals surface area contributed by atoms with Crippen LogP contribution in [0.15, 0.2) is 24.3 Å². The zero-order valence-corrected chi connectivity index (χ0v) is 12.7. The quantitative estimate of drug-likeness (QED) is 0.775. The highest BCUT2D eigenvalue weighted by Gasteiger charge is 2.21. The average Bonchev–Trinajstić information content (AvgIpc) is 3.01. The van der Waals surface area contributed by atoms with Gasteiger partial charge in [0.2, 0.25) is 0 Å². The minimum Gasteiger partial charge on any atom is -0.389 e. The lowest BCUT2D eigenvalue weighted by Crippen LogP contribution is -2.39. The Hall–Kier alpha value is -0.970. The molecule has 1 fully saturated rings. The first kappa shape index (κ1) is 16.4. The molecule has 118 valence electrons. The lowest BCUT2D eigenvalue weighted by molar-refractivity contribution is 0.0260. The van der Waals surface area contributed by atoms with Crippen molar-refractivity contribution >= 4 is 0 Å². The van der Waals surface area contributed by atoms with Crippen molar-refractivity contribution in [3.05, 3.63) is 35.6 Å². The second kappa shape index (κ2) is 8.47. The van der Waals surface area contributed by atoms with Gasteiger partial charge in [-0.15, -0.1) is 0 Å². The molecule has 3 nitrogen and oxygen atoms in total. The van der Waals surface area contributed by atoms with Crippen LogP contribution in [-0.2, 0) is 11.3 Å². The van der Waals surface area contributed by atoms with Crippen LogP contribution in [0.4, 0.5) is 4.39 Å². The predicted molar refractivity (Wildman–Crippen MR) is 81.5 cm³/mol. The molecule has 1 aromatic carbocycles. The summed E-state index contributed by atoms with van der Waals surface area (Å²) in [6.07, 6.45) is 4.67. The zero-order valence-electron chi connectivity index (χ0n) is 12.7. The van der Waals surface area contributed by atoms with Crippen LogP contribution in [0.25, 0.3) is 0 Å². The minimum absolute atomic E-state index is 0.196. The molecular weight excluding hydrogens is 269 g/mol. The van der Waals surface area contributed by atoms with Crippen molar-refractivity contribution in [2.45, 2.75) is 51.4 Å². The van der Waals surface area contributed by atoms with Gasteiger partial charge in [-0.05, 0) is 31.7 Å². The van der Waals surface area contributed by atoms with E-state index in [4.69, 9.17) is 4.74 Å². The summed E-state index contributed by atoms with van der Waals surface area (Å²) in [7, 11) is 0. The van der Waals surface area contributed by atoms with Gasteiger partial charge < -0.3 is 15.2 Å². The van der Waals surface area contributed by atoms with Crippen LogP contribution in [0.3, 0.4) is 0 Å². The Morgan fingerprint density at radius 3 is 2.76 bits per heavy atom. The Morgan fingerprint density at radius 1 is 1.33 bits per heavy atom. The van der Waals surface area contributed by atoms with Crippen LogP contribution in [0.5, 0.6) is 0 Å². The highest BCUT2D eigenvalue weighted by Crippen LogP contribution is 2.27. The molecule has 0 saturated heterocycles. The van der Waals surface area contributed by atoms with Gasteiger partial charge in [0, 0.05) is 18.2 Å². The number of nitrogens with one attached hydrogen (secondary N) is 1. The fourth-order valence-electron chi connectivity index (χ4n) is 2.93. The van der Waals surface area contributed by atoms with Crippen LogP contribution in [-0.4, -0.2) is 30.4 Å². The summed E-state index contributed by atoms with van der Waals surface area (Å²) in [4.78, 5) is 0. The van der Waals surface area contributed by atoms with Gasteiger partial charge in [0.25, 0.3) is 0 Å². The number of ether oxygens (including phenoxy) is 1. The van der Waals surface area contributed by atoms with E-state index >= 15 is 0 Å². The number of aliphatic hydroxyl groups is 1. The van der Waals surface area contributed by atoms with E-state index in [1.807, 2.05) is 0 Å². The molecule has 0 amide bonds. The molecule has 0 spiro atoms. The zero-order chi connectivity index (χ0) is 15.1. The van der Waals surface area contributed by atoms with Gasteiger partial charge in [0.1, 0.15) is 5.82 Å². The van der Waals surface area contributed by atoms with Crippen molar-refractivity contribution in [1.82, 2.24) is 5.32 Å². The Kier molecular flexibility index (Phi) is 6.61. The van der Waals surface area contributed by atoms with Gasteiger partial charge in [-0.1, -0.05) is 31.0 Å². The molecule has 2 atom stereocenters. The molecule has 2 N–H and O–H groups in total. The number of benzene rings is 1. The van der Waals surface area contributed by atoms with Gasteiger partial charge in [-0.3, -0.25) is 0 Å². The Morgan fingerprint density at radius 2 is 2.05 bits per heavy atom. The number of hydrogen-bond donors (Lipinski definition) is 2. The molecule has 0 radical (unpaired) electrons. The molecule has 0 aromatic heterocycles. The van der Waals surface area contributed by atoms with Crippen molar-refractivity contribution in [3.8, 4) is 0 Å². The number of hydrogen-bond acceptors (Lipinski definition) is 3. The Labute approximate surface area is 126 Å². The lowest BCUT2D eigenvalue weighted by Gasteiger charge is -2.22. The minimum atomic E-state index is -0.555. The molecule has 0 heterocycles. The standard InChI is InChI=1S/C17H26FNO2/c1-13(14-6-2-3-7-14)19-10-16(20)12-21-11-15-8-4-5-9-17(15)18/h4-5,8-9,13-14,16,19-20H,2-3,6-7,10-12H2,1H3/t13-,16?/m0/s1. The fourth-order valence-corrected chi connectivity index (χ4v) is 2.93. The smallest absolute Gasteiger partial charge is 0.128 e. The molecule has 4 heteroatoms. The topological polar surface area (TPSA) is 41.5 Å². The Balaban J connectivity index is 1.61. The maximum Gasteiger partial charge on any atom is 0.128 e. The molecule has 2 rings (SSSR count). The molecule has 1 unspecified atom stereocenters. The summed E-state index contributed by atoms with van der Waals surface area (Å²) < 4.78 is 18.8. The fraction of sp³-hybridized carbons (Fsp3) is 0.647. The van der Waals surface area contributed by atoms with Crippen molar-refractivity contribution in [2.24, 2.45) is 5.92 Å². The maximum absolute atomic E-state index is 13.4. The van der Waals surface area contributed by atoms with E-state index in [0.29, 0.717) is 18.2 Å². The highest BCUT2D eigenvalue weighted by atomic mass is 19.1. The third kappa shape index (κ3) is 5.38. The van der Waals surface area contributed by atoms with Crippen molar-refractivity contribution in [3.63, 3.8) is 0 Å². The molecule has 0 aliphatic heterocycles. The van der Waals surface area contributed by atoms with Crippen LogP contribution in [0.1, 0.15) is 38.2 Å². The normalized spacial score (nSPS) is 18.8. The van der Waals surface area contributed by atoms with Crippen LogP contribution < -0.4 is 5.32 Å². The highest BCUT2D eigenvalue weighted by molar-refractivity contribution is 5.16. The second-order valence-corrected chi connectivity index (χ2v) is 6.00. The van der Waals surface area contributed by atoms with E-state index < -0.39 is 6.10 Å². The van der Waals surface area contributed by atoms with E-state index in [1.165, 1.54) is 31.7 Å². The number of halogens is 1. The van der Waals surface area contributed by atoms with E-state index in [9.17, 15) is 9.50 Å². The first-order valence-electron chi connectivity index (χ1n) is 7.89. The van der Waals surface area contributed by atoms with Crippen LogP contribution in [0.2, 0.25) is 0 Å². The monoisotopic (exact) mass is 295 g/mol. The van der Waals surface area contributed by atoms with Crippen LogP contribution >= 0.6 is 0 Å². The third-order valence-corrected chi connectivity index (χ3v) is 4.31. The maximum atomic E-state index is 13.4. The predicted octanol–water partition coefficient (Wildman–Crippen LogP) is 2.87. The first-order chi connectivity index (χ1) is 10.2. The molecule has 21 heavy (non-hydrogen) atoms. The van der Waals surface area contributed by atoms with Crippen molar-refractivity contribution in [2.75, 3.05) is 13.2 Å². The SMILES string of the molecule is C[C@H](NCC(O)COCc1ccccc1F)C1CCCC1. The van der Waals surface area contributed by atoms with E-state index in [2.05, 4.69) is 12.2 Å². The third-order valence-electron chi connectivity index (χ3n) is 4.31. The van der Waals surface area contributed by atoms with Gasteiger partial charge in [0.05, 0.1) is 19.3 Å². The van der Waals surface area contributed by atoms with Gasteiger partial charge in [0.15, 0.2) is 0 Å². The summed E-state index contributed by atoms with van der Waals surface area (Å²) in [6.45, 7) is 3.12. The average molecular weight is 295 g/mol. The summed E-state index contributed by atoms with van der Waals surface area (Å²) in [6, 6.07) is 6.99. The summed E-state index contributed by atoms with van der Waals surface area (Å²) >= 11 is 0. The van der Waals surface area contributed by atoms with E-state index in [0.717, 1.165) is 5.92 Å². The first-order valence-corrected chi connectivity index (χ1v) is 7.89. The molecule has 1 aromatic rings. The Bertz CT molecular complexity index is 421. The number of rotatable bonds is 8. The molecular formula is C17H26FNO2. The van der Waals surface area contributed by atoms with Crippen molar-refractivity contribution in [1.29, 1.82) is 0 Å². The molecule has 1 aliphatic rings. The van der Waals surface area contributed by atoms with Gasteiger partial charge >= 0.3 is 0 Å². The summed E-state index contributed by atoms with van der Waals surface area (Å²) in [5, 5.41) is 13.3. The second-order valence-electron chi connectivity index (χ2n) is 6.00. The lowest BCUT2D eigenvalue weighted by atomic mass is 10.00. The summed E-state index contributed by atoms with van der Waals surface area (Å²) in [5.74, 6) is 0.469. The number of aliphatic hydroxyl groups excluding tert-OH is 1. The van der Waals surface area contributed by atoms with Gasteiger partial charge in [-0.2, -0.15) is 0 Å². The molecule has 1 aliphatic carbocycles.